The minimum atomic E-state index is 0.0981. The van der Waals surface area contributed by atoms with E-state index in [2.05, 4.69) is 10.2 Å². The summed E-state index contributed by atoms with van der Waals surface area (Å²) in [6.07, 6.45) is 5.60. The molecule has 5 nitrogen and oxygen atoms in total. The van der Waals surface area contributed by atoms with E-state index < -0.39 is 0 Å². The third kappa shape index (κ3) is 5.05. The Balaban J connectivity index is 1.49. The first-order valence-corrected chi connectivity index (χ1v) is 9.49. The SMILES string of the molecule is Cc1cccc(C(=O)N2CCCN(CC(=O)NC3CCCC3)CC2)c1. The highest BCUT2D eigenvalue weighted by Crippen LogP contribution is 2.17. The van der Waals surface area contributed by atoms with Crippen molar-refractivity contribution in [2.45, 2.75) is 45.1 Å². The number of nitrogens with zero attached hydrogens (tertiary/aromatic N) is 2. The van der Waals surface area contributed by atoms with E-state index in [-0.39, 0.29) is 11.8 Å². The fourth-order valence-electron chi connectivity index (χ4n) is 3.84. The number of benzene rings is 1. The number of hydrogen-bond acceptors (Lipinski definition) is 3. The molecular formula is C20H29N3O2. The lowest BCUT2D eigenvalue weighted by Crippen LogP contribution is -2.42. The number of carbonyl (C=O) groups excluding carboxylic acids is 2. The van der Waals surface area contributed by atoms with E-state index in [0.717, 1.165) is 50.0 Å². The molecule has 136 valence electrons. The third-order valence-corrected chi connectivity index (χ3v) is 5.23. The Labute approximate surface area is 150 Å². The number of amides is 2. The standard InChI is InChI=1S/C20H29N3O2/c1-16-6-4-7-17(14-16)20(25)23-11-5-10-22(12-13-23)15-19(24)21-18-8-2-3-9-18/h4,6-7,14,18H,2-3,5,8-13,15H2,1H3,(H,21,24). The molecule has 2 fully saturated rings. The molecule has 1 aliphatic heterocycles. The summed E-state index contributed by atoms with van der Waals surface area (Å²) in [6, 6.07) is 8.13. The van der Waals surface area contributed by atoms with E-state index in [9.17, 15) is 9.59 Å². The zero-order valence-electron chi connectivity index (χ0n) is 15.2. The van der Waals surface area contributed by atoms with Gasteiger partial charge in [-0.15, -0.1) is 0 Å². The van der Waals surface area contributed by atoms with Gasteiger partial charge in [-0.2, -0.15) is 0 Å². The molecule has 1 heterocycles. The van der Waals surface area contributed by atoms with Gasteiger partial charge >= 0.3 is 0 Å². The summed E-state index contributed by atoms with van der Waals surface area (Å²) in [7, 11) is 0. The third-order valence-electron chi connectivity index (χ3n) is 5.23. The van der Waals surface area contributed by atoms with Crippen molar-refractivity contribution >= 4 is 11.8 Å². The number of rotatable bonds is 4. The molecule has 0 aromatic heterocycles. The molecule has 0 atom stereocenters. The van der Waals surface area contributed by atoms with Crippen LogP contribution >= 0.6 is 0 Å². The van der Waals surface area contributed by atoms with Crippen LogP contribution in [0.1, 0.15) is 48.0 Å². The van der Waals surface area contributed by atoms with E-state index in [1.807, 2.05) is 36.1 Å². The molecule has 3 rings (SSSR count). The lowest BCUT2D eigenvalue weighted by atomic mass is 10.1. The van der Waals surface area contributed by atoms with Gasteiger partial charge in [-0.05, 0) is 38.3 Å². The minimum Gasteiger partial charge on any atom is -0.352 e. The van der Waals surface area contributed by atoms with Crippen LogP contribution in [0.3, 0.4) is 0 Å². The highest BCUT2D eigenvalue weighted by molar-refractivity contribution is 5.94. The average Bonchev–Trinajstić information content (AvgIpc) is 2.99. The van der Waals surface area contributed by atoms with E-state index >= 15 is 0 Å². The minimum absolute atomic E-state index is 0.0981. The van der Waals surface area contributed by atoms with Crippen LogP contribution in [0, 0.1) is 6.92 Å². The number of nitrogens with one attached hydrogen (secondary N) is 1. The monoisotopic (exact) mass is 343 g/mol. The maximum Gasteiger partial charge on any atom is 0.253 e. The Kier molecular flexibility index (Phi) is 6.08. The Morgan fingerprint density at radius 3 is 2.64 bits per heavy atom. The normalized spacial score (nSPS) is 19.6. The quantitative estimate of drug-likeness (QED) is 0.912. The van der Waals surface area contributed by atoms with Gasteiger partial charge in [0.05, 0.1) is 6.54 Å². The van der Waals surface area contributed by atoms with Crippen molar-refractivity contribution in [3.8, 4) is 0 Å². The van der Waals surface area contributed by atoms with E-state index in [1.165, 1.54) is 12.8 Å². The van der Waals surface area contributed by atoms with Crippen molar-refractivity contribution in [3.63, 3.8) is 0 Å². The Morgan fingerprint density at radius 1 is 1.08 bits per heavy atom. The molecule has 1 saturated carbocycles. The Bertz CT molecular complexity index is 611. The molecule has 2 amide bonds. The van der Waals surface area contributed by atoms with Crippen molar-refractivity contribution in [2.24, 2.45) is 0 Å². The first-order chi connectivity index (χ1) is 12.1. The summed E-state index contributed by atoms with van der Waals surface area (Å²) in [5.41, 5.74) is 1.86. The summed E-state index contributed by atoms with van der Waals surface area (Å²) in [4.78, 5) is 29.0. The molecule has 0 spiro atoms. The highest BCUT2D eigenvalue weighted by atomic mass is 16.2. The zero-order valence-corrected chi connectivity index (χ0v) is 15.2. The van der Waals surface area contributed by atoms with Crippen LogP contribution < -0.4 is 5.32 Å². The van der Waals surface area contributed by atoms with Crippen molar-refractivity contribution < 1.29 is 9.59 Å². The zero-order chi connectivity index (χ0) is 17.6. The van der Waals surface area contributed by atoms with Gasteiger partial charge in [0, 0.05) is 37.8 Å². The van der Waals surface area contributed by atoms with Gasteiger partial charge in [-0.3, -0.25) is 14.5 Å². The second-order valence-corrected chi connectivity index (χ2v) is 7.34. The molecule has 2 aliphatic rings. The molecule has 25 heavy (non-hydrogen) atoms. The molecule has 0 unspecified atom stereocenters. The van der Waals surface area contributed by atoms with Crippen molar-refractivity contribution in [1.82, 2.24) is 15.1 Å². The molecule has 1 saturated heterocycles. The van der Waals surface area contributed by atoms with Crippen LogP contribution in [0.25, 0.3) is 0 Å². The predicted octanol–water partition coefficient (Wildman–Crippen LogP) is 2.20. The molecular weight excluding hydrogens is 314 g/mol. The lowest BCUT2D eigenvalue weighted by Gasteiger charge is -2.22. The summed E-state index contributed by atoms with van der Waals surface area (Å²) in [5, 5.41) is 3.15. The number of carbonyl (C=O) groups is 2. The molecule has 5 heteroatoms. The first-order valence-electron chi connectivity index (χ1n) is 9.49. The van der Waals surface area contributed by atoms with Crippen molar-refractivity contribution in [2.75, 3.05) is 32.7 Å². The van der Waals surface area contributed by atoms with Crippen molar-refractivity contribution in [3.05, 3.63) is 35.4 Å². The van der Waals surface area contributed by atoms with Crippen LogP contribution in [0.4, 0.5) is 0 Å². The van der Waals surface area contributed by atoms with Crippen LogP contribution in [0.5, 0.6) is 0 Å². The molecule has 1 N–H and O–H groups in total. The Hall–Kier alpha value is -1.88. The van der Waals surface area contributed by atoms with E-state index in [0.29, 0.717) is 19.1 Å². The second-order valence-electron chi connectivity index (χ2n) is 7.34. The maximum absolute atomic E-state index is 12.7. The maximum atomic E-state index is 12.7. The smallest absolute Gasteiger partial charge is 0.253 e. The topological polar surface area (TPSA) is 52.7 Å². The highest BCUT2D eigenvalue weighted by Gasteiger charge is 2.23. The molecule has 0 radical (unpaired) electrons. The van der Waals surface area contributed by atoms with E-state index in [1.54, 1.807) is 0 Å². The number of aryl methyl sites for hydroxylation is 1. The van der Waals surface area contributed by atoms with Crippen LogP contribution in [0.2, 0.25) is 0 Å². The lowest BCUT2D eigenvalue weighted by molar-refractivity contribution is -0.122. The van der Waals surface area contributed by atoms with Gasteiger partial charge in [0.2, 0.25) is 5.91 Å². The second kappa shape index (κ2) is 8.48. The summed E-state index contributed by atoms with van der Waals surface area (Å²) in [5.74, 6) is 0.228. The Morgan fingerprint density at radius 2 is 1.88 bits per heavy atom. The average molecular weight is 343 g/mol. The van der Waals surface area contributed by atoms with Gasteiger partial charge in [0.25, 0.3) is 5.91 Å². The van der Waals surface area contributed by atoms with Crippen LogP contribution in [-0.2, 0) is 4.79 Å². The molecule has 1 aliphatic carbocycles. The van der Waals surface area contributed by atoms with Crippen LogP contribution in [0.15, 0.2) is 24.3 Å². The fourth-order valence-corrected chi connectivity index (χ4v) is 3.84. The van der Waals surface area contributed by atoms with Crippen molar-refractivity contribution in [1.29, 1.82) is 0 Å². The van der Waals surface area contributed by atoms with E-state index in [4.69, 9.17) is 0 Å². The fraction of sp³-hybridized carbons (Fsp3) is 0.600. The predicted molar refractivity (Wildman–Crippen MR) is 98.5 cm³/mol. The first kappa shape index (κ1) is 17.9. The summed E-state index contributed by atoms with van der Waals surface area (Å²) >= 11 is 0. The van der Waals surface area contributed by atoms with Gasteiger partial charge in [-0.1, -0.05) is 30.5 Å². The molecule has 1 aromatic rings. The summed E-state index contributed by atoms with van der Waals surface area (Å²) in [6.45, 7) is 5.52. The number of hydrogen-bond donors (Lipinski definition) is 1. The molecule has 0 bridgehead atoms. The van der Waals surface area contributed by atoms with Crippen LogP contribution in [-0.4, -0.2) is 60.4 Å². The van der Waals surface area contributed by atoms with Gasteiger partial charge < -0.3 is 10.2 Å². The largest absolute Gasteiger partial charge is 0.352 e. The van der Waals surface area contributed by atoms with Gasteiger partial charge in [-0.25, -0.2) is 0 Å². The van der Waals surface area contributed by atoms with Gasteiger partial charge in [0.15, 0.2) is 0 Å². The molecule has 1 aromatic carbocycles. The summed E-state index contributed by atoms with van der Waals surface area (Å²) < 4.78 is 0. The van der Waals surface area contributed by atoms with Gasteiger partial charge in [0.1, 0.15) is 0 Å².